The molecule has 39 heavy (non-hydrogen) atoms. The lowest BCUT2D eigenvalue weighted by Crippen LogP contribution is -2.45. The van der Waals surface area contributed by atoms with Crippen LogP contribution in [0, 0.1) is 10.1 Å². The number of esters is 1. The number of alkyl halides is 2. The molecule has 1 rings (SSSR count). The van der Waals surface area contributed by atoms with Crippen molar-refractivity contribution in [2.75, 3.05) is 6.61 Å². The van der Waals surface area contributed by atoms with Crippen molar-refractivity contribution >= 4 is 40.8 Å². The van der Waals surface area contributed by atoms with E-state index in [9.17, 15) is 24.8 Å². The van der Waals surface area contributed by atoms with Gasteiger partial charge in [-0.2, -0.15) is 0 Å². The molecule has 1 aromatic rings. The van der Waals surface area contributed by atoms with E-state index in [1.54, 1.807) is 0 Å². The standard InChI is InChI=1S/C29H46Cl2N2O6/c1-2-3-4-5-6-7-8-9-10-11-12-13-14-15-16-17-26(34)39-22-25(32-29(36)28(30)31)27(35)23-18-20-24(21-19-23)33(37)38/h18-21,25,27-28,35H,2-17,22H2,1H3,(H,32,36)/t25-,27+/m0/s1. The second-order valence-electron chi connectivity index (χ2n) is 10.1. The summed E-state index contributed by atoms with van der Waals surface area (Å²) in [7, 11) is 0. The average Bonchev–Trinajstić information content (AvgIpc) is 2.92. The lowest BCUT2D eigenvalue weighted by atomic mass is 10.0. The molecule has 0 aliphatic heterocycles. The largest absolute Gasteiger partial charge is 0.463 e. The summed E-state index contributed by atoms with van der Waals surface area (Å²) in [5.41, 5.74) is 0.174. The number of unbranched alkanes of at least 4 members (excludes halogenated alkanes) is 14. The highest BCUT2D eigenvalue weighted by molar-refractivity contribution is 6.53. The minimum atomic E-state index is -1.37. The molecule has 0 heterocycles. The van der Waals surface area contributed by atoms with Crippen LogP contribution < -0.4 is 5.32 Å². The van der Waals surface area contributed by atoms with Crippen LogP contribution in [0.15, 0.2) is 24.3 Å². The number of carbonyl (C=O) groups excluding carboxylic acids is 2. The molecule has 0 bridgehead atoms. The van der Waals surface area contributed by atoms with Gasteiger partial charge in [0.05, 0.1) is 11.0 Å². The molecule has 2 N–H and O–H groups in total. The van der Waals surface area contributed by atoms with Crippen molar-refractivity contribution in [3.05, 3.63) is 39.9 Å². The van der Waals surface area contributed by atoms with Crippen molar-refractivity contribution in [2.45, 2.75) is 127 Å². The van der Waals surface area contributed by atoms with Crippen LogP contribution in [0.4, 0.5) is 5.69 Å². The summed E-state index contributed by atoms with van der Waals surface area (Å²) >= 11 is 11.2. The van der Waals surface area contributed by atoms with Gasteiger partial charge in [0, 0.05) is 18.6 Å². The summed E-state index contributed by atoms with van der Waals surface area (Å²) in [6.45, 7) is 1.96. The monoisotopic (exact) mass is 588 g/mol. The molecule has 0 unspecified atom stereocenters. The molecule has 0 fully saturated rings. The van der Waals surface area contributed by atoms with Gasteiger partial charge in [-0.15, -0.1) is 0 Å². The van der Waals surface area contributed by atoms with E-state index in [1.165, 1.54) is 101 Å². The summed E-state index contributed by atoms with van der Waals surface area (Å²) in [5, 5.41) is 24.0. The first-order valence-corrected chi connectivity index (χ1v) is 15.3. The SMILES string of the molecule is CCCCCCCCCCCCCCCCCC(=O)OC[C@H](NC(=O)C(Cl)Cl)[C@H](O)c1ccc([N+](=O)[O-])cc1. The van der Waals surface area contributed by atoms with Crippen LogP contribution in [0.2, 0.25) is 0 Å². The van der Waals surface area contributed by atoms with Gasteiger partial charge in [0.1, 0.15) is 12.7 Å². The molecule has 0 aromatic heterocycles. The molecule has 0 spiro atoms. The summed E-state index contributed by atoms with van der Waals surface area (Å²) < 4.78 is 5.30. The molecule has 0 aliphatic carbocycles. The van der Waals surface area contributed by atoms with E-state index in [2.05, 4.69) is 12.2 Å². The molecule has 0 saturated carbocycles. The number of benzene rings is 1. The number of ether oxygens (including phenoxy) is 1. The zero-order valence-corrected chi connectivity index (χ0v) is 24.8. The fourth-order valence-corrected chi connectivity index (χ4v) is 4.50. The van der Waals surface area contributed by atoms with Crippen molar-refractivity contribution in [1.82, 2.24) is 5.32 Å². The highest BCUT2D eigenvalue weighted by atomic mass is 35.5. The Hall–Kier alpha value is -1.90. The number of amides is 1. The van der Waals surface area contributed by atoms with Gasteiger partial charge in [0.25, 0.3) is 11.6 Å². The highest BCUT2D eigenvalue weighted by Crippen LogP contribution is 2.22. The van der Waals surface area contributed by atoms with Gasteiger partial charge < -0.3 is 15.2 Å². The molecule has 0 aliphatic rings. The van der Waals surface area contributed by atoms with Gasteiger partial charge in [-0.05, 0) is 24.1 Å². The molecule has 222 valence electrons. The van der Waals surface area contributed by atoms with Crippen LogP contribution in [0.3, 0.4) is 0 Å². The number of hydrogen-bond donors (Lipinski definition) is 2. The predicted octanol–water partition coefficient (Wildman–Crippen LogP) is 7.72. The molecule has 2 atom stereocenters. The number of carbonyl (C=O) groups is 2. The van der Waals surface area contributed by atoms with Crippen LogP contribution in [0.1, 0.15) is 121 Å². The Balaban J connectivity index is 2.24. The van der Waals surface area contributed by atoms with Crippen LogP contribution in [-0.4, -0.2) is 39.4 Å². The molecular weight excluding hydrogens is 543 g/mol. The summed E-state index contributed by atoms with van der Waals surface area (Å²) in [6, 6.07) is 4.21. The Labute approximate surface area is 243 Å². The third-order valence-corrected chi connectivity index (χ3v) is 7.16. The lowest BCUT2D eigenvalue weighted by Gasteiger charge is -2.24. The smallest absolute Gasteiger partial charge is 0.305 e. The van der Waals surface area contributed by atoms with Crippen molar-refractivity contribution in [3.63, 3.8) is 0 Å². The predicted molar refractivity (Wildman–Crippen MR) is 156 cm³/mol. The Bertz CT molecular complexity index is 823. The quantitative estimate of drug-likeness (QED) is 0.0444. The van der Waals surface area contributed by atoms with Crippen LogP contribution >= 0.6 is 23.2 Å². The Kier molecular flexibility index (Phi) is 19.7. The van der Waals surface area contributed by atoms with Gasteiger partial charge in [-0.25, -0.2) is 0 Å². The molecule has 0 saturated heterocycles. The number of nitrogens with zero attached hydrogens (tertiary/aromatic N) is 1. The number of aliphatic hydroxyl groups excluding tert-OH is 1. The molecule has 8 nitrogen and oxygen atoms in total. The number of non-ortho nitro benzene ring substituents is 1. The summed E-state index contributed by atoms with van der Waals surface area (Å²) in [6.07, 6.45) is 17.5. The normalized spacial score (nSPS) is 12.7. The minimum Gasteiger partial charge on any atom is -0.463 e. The van der Waals surface area contributed by atoms with E-state index in [0.717, 1.165) is 12.8 Å². The Morgan fingerprint density at radius 2 is 1.33 bits per heavy atom. The van der Waals surface area contributed by atoms with Crippen molar-refractivity contribution < 1.29 is 24.4 Å². The number of nitro benzene ring substituents is 1. The maximum Gasteiger partial charge on any atom is 0.305 e. The van der Waals surface area contributed by atoms with E-state index >= 15 is 0 Å². The van der Waals surface area contributed by atoms with Crippen LogP contribution in [0.25, 0.3) is 0 Å². The van der Waals surface area contributed by atoms with Gasteiger partial charge in [-0.3, -0.25) is 19.7 Å². The summed E-state index contributed by atoms with van der Waals surface area (Å²) in [5.74, 6) is -1.17. The van der Waals surface area contributed by atoms with E-state index in [0.29, 0.717) is 12.0 Å². The molecular formula is C29H46Cl2N2O6. The van der Waals surface area contributed by atoms with Gasteiger partial charge in [0.2, 0.25) is 0 Å². The topological polar surface area (TPSA) is 119 Å². The van der Waals surface area contributed by atoms with Gasteiger partial charge >= 0.3 is 5.97 Å². The van der Waals surface area contributed by atoms with Crippen molar-refractivity contribution in [3.8, 4) is 0 Å². The fourth-order valence-electron chi connectivity index (χ4n) is 4.38. The maximum atomic E-state index is 12.2. The highest BCUT2D eigenvalue weighted by Gasteiger charge is 2.27. The number of nitro groups is 1. The number of halogens is 2. The molecule has 10 heteroatoms. The zero-order valence-electron chi connectivity index (χ0n) is 23.3. The number of rotatable bonds is 23. The second-order valence-corrected chi connectivity index (χ2v) is 11.2. The first kappa shape index (κ1) is 35.1. The van der Waals surface area contributed by atoms with Crippen molar-refractivity contribution in [1.29, 1.82) is 0 Å². The van der Waals surface area contributed by atoms with Crippen molar-refractivity contribution in [2.24, 2.45) is 0 Å². The first-order valence-electron chi connectivity index (χ1n) is 14.4. The zero-order chi connectivity index (χ0) is 28.9. The summed E-state index contributed by atoms with van der Waals surface area (Å²) in [4.78, 5) is 33.2. The van der Waals surface area contributed by atoms with Gasteiger partial charge in [-0.1, -0.05) is 120 Å². The molecule has 1 aromatic carbocycles. The Morgan fingerprint density at radius 3 is 1.77 bits per heavy atom. The first-order chi connectivity index (χ1) is 18.8. The van der Waals surface area contributed by atoms with E-state index < -0.39 is 33.8 Å². The van der Waals surface area contributed by atoms with E-state index in [1.807, 2.05) is 0 Å². The Morgan fingerprint density at radius 1 is 0.872 bits per heavy atom. The number of aliphatic hydroxyl groups is 1. The third kappa shape index (κ3) is 16.7. The van der Waals surface area contributed by atoms with E-state index in [-0.39, 0.29) is 18.7 Å². The number of nitrogens with one attached hydrogen (secondary N) is 1. The second kappa shape index (κ2) is 21.9. The van der Waals surface area contributed by atoms with E-state index in [4.69, 9.17) is 27.9 Å². The maximum absolute atomic E-state index is 12.2. The van der Waals surface area contributed by atoms with Crippen LogP contribution in [0.5, 0.6) is 0 Å². The molecule has 0 radical (unpaired) electrons. The van der Waals surface area contributed by atoms with Crippen LogP contribution in [-0.2, 0) is 14.3 Å². The number of hydrogen-bond acceptors (Lipinski definition) is 6. The third-order valence-electron chi connectivity index (χ3n) is 6.76. The lowest BCUT2D eigenvalue weighted by molar-refractivity contribution is -0.384. The average molecular weight is 590 g/mol. The van der Waals surface area contributed by atoms with Gasteiger partial charge in [0.15, 0.2) is 4.84 Å². The molecule has 1 amide bonds. The minimum absolute atomic E-state index is 0.136. The fraction of sp³-hybridized carbons (Fsp3) is 0.724.